The number of nitrogens with two attached hydrogens (primary N) is 1. The van der Waals surface area contributed by atoms with Gasteiger partial charge in [0.15, 0.2) is 0 Å². The molecule has 1 fully saturated rings. The van der Waals surface area contributed by atoms with Crippen LogP contribution in [0.15, 0.2) is 6.07 Å². The van der Waals surface area contributed by atoms with E-state index in [0.29, 0.717) is 11.7 Å². The van der Waals surface area contributed by atoms with Crippen molar-refractivity contribution in [3.05, 3.63) is 11.8 Å². The molecule has 0 aromatic carbocycles. The first kappa shape index (κ1) is 10.1. The Morgan fingerprint density at radius 1 is 1.38 bits per heavy atom. The van der Waals surface area contributed by atoms with E-state index in [-0.39, 0.29) is 0 Å². The molecule has 0 saturated heterocycles. The Labute approximate surface area is 79.7 Å². The fourth-order valence-corrected chi connectivity index (χ4v) is 1.80. The van der Waals surface area contributed by atoms with Gasteiger partial charge in [-0.1, -0.05) is 26.7 Å². The molecule has 0 amide bonds. The first-order valence-electron chi connectivity index (χ1n) is 5.17. The number of anilines is 1. The van der Waals surface area contributed by atoms with Crippen molar-refractivity contribution in [2.24, 2.45) is 0 Å². The van der Waals surface area contributed by atoms with Gasteiger partial charge in [0.25, 0.3) is 0 Å². The number of nitrogen functional groups attached to an aromatic ring is 1. The molecule has 0 atom stereocenters. The van der Waals surface area contributed by atoms with Crippen LogP contribution in [0.4, 0.5) is 5.82 Å². The summed E-state index contributed by atoms with van der Waals surface area (Å²) in [4.78, 5) is 0. The molecule has 0 bridgehead atoms. The second-order valence-corrected chi connectivity index (χ2v) is 3.23. The molecule has 0 aliphatic heterocycles. The Morgan fingerprint density at radius 2 is 2.00 bits per heavy atom. The monoisotopic (exact) mass is 181 g/mol. The van der Waals surface area contributed by atoms with Crippen LogP contribution in [0.3, 0.4) is 0 Å². The Kier molecular flexibility index (Phi) is 3.80. The van der Waals surface area contributed by atoms with Crippen LogP contribution in [-0.4, -0.2) is 10.2 Å². The van der Waals surface area contributed by atoms with Crippen molar-refractivity contribution in [2.75, 3.05) is 5.73 Å². The summed E-state index contributed by atoms with van der Waals surface area (Å²) in [5.41, 5.74) is 6.73. The van der Waals surface area contributed by atoms with Gasteiger partial charge in [-0.05, 0) is 12.8 Å². The van der Waals surface area contributed by atoms with Gasteiger partial charge in [0.05, 0.1) is 0 Å². The summed E-state index contributed by atoms with van der Waals surface area (Å²) in [6, 6.07) is 1.95. The van der Waals surface area contributed by atoms with Crippen LogP contribution >= 0.6 is 0 Å². The van der Waals surface area contributed by atoms with Gasteiger partial charge < -0.3 is 5.73 Å². The molecule has 1 aliphatic carbocycles. The van der Waals surface area contributed by atoms with Crippen LogP contribution in [0.2, 0.25) is 0 Å². The molecule has 3 nitrogen and oxygen atoms in total. The lowest BCUT2D eigenvalue weighted by atomic mass is 10.1. The summed E-state index contributed by atoms with van der Waals surface area (Å²) >= 11 is 0. The van der Waals surface area contributed by atoms with Crippen molar-refractivity contribution < 1.29 is 0 Å². The first-order valence-corrected chi connectivity index (χ1v) is 5.17. The van der Waals surface area contributed by atoms with Crippen LogP contribution < -0.4 is 5.73 Å². The van der Waals surface area contributed by atoms with Crippen LogP contribution in [0.5, 0.6) is 0 Å². The molecule has 0 unspecified atom stereocenters. The highest BCUT2D eigenvalue weighted by Crippen LogP contribution is 2.33. The van der Waals surface area contributed by atoms with E-state index < -0.39 is 0 Å². The van der Waals surface area contributed by atoms with E-state index in [1.54, 1.807) is 0 Å². The number of nitrogens with zero attached hydrogens (tertiary/aromatic N) is 1. The summed E-state index contributed by atoms with van der Waals surface area (Å²) in [5.74, 6) is 1.31. The molecule has 1 saturated carbocycles. The van der Waals surface area contributed by atoms with Gasteiger partial charge in [0, 0.05) is 17.7 Å². The normalized spacial score (nSPS) is 16.8. The molecule has 74 valence electrons. The van der Waals surface area contributed by atoms with E-state index in [9.17, 15) is 0 Å². The highest BCUT2D eigenvalue weighted by atomic mass is 15.2. The molecule has 2 rings (SSSR count). The SMILES string of the molecule is CC.Nc1cc(C2CCCC2)[nH]n1. The Balaban J connectivity index is 0.000000396. The van der Waals surface area contributed by atoms with Crippen molar-refractivity contribution in [3.63, 3.8) is 0 Å². The molecule has 0 radical (unpaired) electrons. The third-order valence-corrected chi connectivity index (χ3v) is 2.41. The van der Waals surface area contributed by atoms with E-state index in [4.69, 9.17) is 5.73 Å². The molecule has 13 heavy (non-hydrogen) atoms. The van der Waals surface area contributed by atoms with Crippen LogP contribution in [0.25, 0.3) is 0 Å². The van der Waals surface area contributed by atoms with Gasteiger partial charge in [0.2, 0.25) is 0 Å². The maximum atomic E-state index is 5.50. The third-order valence-electron chi connectivity index (χ3n) is 2.41. The van der Waals surface area contributed by atoms with E-state index >= 15 is 0 Å². The quantitative estimate of drug-likeness (QED) is 0.699. The molecular formula is C10H19N3. The number of aromatic amines is 1. The average Bonchev–Trinajstić information content (AvgIpc) is 2.77. The topological polar surface area (TPSA) is 54.7 Å². The van der Waals surface area contributed by atoms with Gasteiger partial charge in [-0.25, -0.2) is 0 Å². The zero-order valence-electron chi connectivity index (χ0n) is 8.51. The van der Waals surface area contributed by atoms with Gasteiger partial charge in [-0.15, -0.1) is 0 Å². The minimum atomic E-state index is 0.618. The summed E-state index contributed by atoms with van der Waals surface area (Å²) < 4.78 is 0. The molecule has 1 aromatic rings. The Morgan fingerprint density at radius 3 is 2.46 bits per heavy atom. The lowest BCUT2D eigenvalue weighted by Crippen LogP contribution is -1.91. The molecular weight excluding hydrogens is 162 g/mol. The minimum Gasteiger partial charge on any atom is -0.382 e. The fourth-order valence-electron chi connectivity index (χ4n) is 1.80. The van der Waals surface area contributed by atoms with Crippen LogP contribution in [-0.2, 0) is 0 Å². The van der Waals surface area contributed by atoms with Gasteiger partial charge in [-0.2, -0.15) is 5.10 Å². The predicted molar refractivity (Wildman–Crippen MR) is 55.6 cm³/mol. The fraction of sp³-hybridized carbons (Fsp3) is 0.700. The van der Waals surface area contributed by atoms with Crippen molar-refractivity contribution in [2.45, 2.75) is 45.4 Å². The van der Waals surface area contributed by atoms with Crippen molar-refractivity contribution in [1.29, 1.82) is 0 Å². The lowest BCUT2D eigenvalue weighted by molar-refractivity contribution is 0.693. The van der Waals surface area contributed by atoms with Crippen LogP contribution in [0, 0.1) is 0 Å². The lowest BCUT2D eigenvalue weighted by Gasteiger charge is -2.02. The van der Waals surface area contributed by atoms with Gasteiger partial charge in [0.1, 0.15) is 5.82 Å². The second-order valence-electron chi connectivity index (χ2n) is 3.23. The first-order chi connectivity index (χ1) is 6.36. The highest BCUT2D eigenvalue weighted by Gasteiger charge is 2.18. The molecule has 1 aliphatic rings. The number of hydrogen-bond acceptors (Lipinski definition) is 2. The molecule has 3 N–H and O–H groups in total. The zero-order valence-corrected chi connectivity index (χ0v) is 8.51. The van der Waals surface area contributed by atoms with Crippen LogP contribution in [0.1, 0.15) is 51.1 Å². The largest absolute Gasteiger partial charge is 0.382 e. The second kappa shape index (κ2) is 4.90. The standard InChI is InChI=1S/C8H13N3.C2H6/c9-8-5-7(10-11-8)6-3-1-2-4-6;1-2/h5-6H,1-4H2,(H3,9,10,11);1-2H3. The third kappa shape index (κ3) is 2.47. The maximum absolute atomic E-state index is 5.50. The van der Waals surface area contributed by atoms with Gasteiger partial charge in [-0.3, -0.25) is 5.10 Å². The van der Waals surface area contributed by atoms with E-state index in [2.05, 4.69) is 10.2 Å². The Bertz CT molecular complexity index is 236. The number of H-pyrrole nitrogens is 1. The van der Waals surface area contributed by atoms with E-state index in [1.807, 2.05) is 19.9 Å². The number of aromatic nitrogens is 2. The molecule has 0 spiro atoms. The molecule has 1 heterocycles. The van der Waals surface area contributed by atoms with Crippen molar-refractivity contribution in [1.82, 2.24) is 10.2 Å². The summed E-state index contributed by atoms with van der Waals surface area (Å²) in [6.07, 6.45) is 5.29. The average molecular weight is 181 g/mol. The van der Waals surface area contributed by atoms with E-state index in [1.165, 1.54) is 31.4 Å². The Hall–Kier alpha value is -0.990. The number of nitrogens with one attached hydrogen (secondary N) is 1. The highest BCUT2D eigenvalue weighted by molar-refractivity contribution is 5.30. The predicted octanol–water partition coefficient (Wildman–Crippen LogP) is 2.68. The molecule has 1 aromatic heterocycles. The van der Waals surface area contributed by atoms with Gasteiger partial charge >= 0.3 is 0 Å². The molecule has 3 heteroatoms. The number of hydrogen-bond donors (Lipinski definition) is 2. The minimum absolute atomic E-state index is 0.618. The smallest absolute Gasteiger partial charge is 0.145 e. The number of rotatable bonds is 1. The zero-order chi connectivity index (χ0) is 9.68. The maximum Gasteiger partial charge on any atom is 0.145 e. The van der Waals surface area contributed by atoms with Crippen molar-refractivity contribution in [3.8, 4) is 0 Å². The summed E-state index contributed by atoms with van der Waals surface area (Å²) in [6.45, 7) is 4.00. The van der Waals surface area contributed by atoms with E-state index in [0.717, 1.165) is 0 Å². The van der Waals surface area contributed by atoms with Crippen molar-refractivity contribution >= 4 is 5.82 Å². The summed E-state index contributed by atoms with van der Waals surface area (Å²) in [7, 11) is 0. The summed E-state index contributed by atoms with van der Waals surface area (Å²) in [5, 5.41) is 6.89.